The molecule has 0 aliphatic carbocycles. The maximum Gasteiger partial charge on any atom is 0.325 e. The summed E-state index contributed by atoms with van der Waals surface area (Å²) in [4.78, 5) is 16.8. The topological polar surface area (TPSA) is 41.0 Å². The van der Waals surface area contributed by atoms with Gasteiger partial charge in [0, 0.05) is 25.5 Å². The molecule has 100 valence electrons. The Balaban J connectivity index is 1.69. The Kier molecular flexibility index (Phi) is 3.51. The summed E-state index contributed by atoms with van der Waals surface area (Å²) in [5.41, 5.74) is 1.34. The zero-order valence-electron chi connectivity index (χ0n) is 11.0. The van der Waals surface area contributed by atoms with E-state index < -0.39 is 0 Å². The molecular weight excluding hydrogens is 238 g/mol. The molecule has 1 fully saturated rings. The molecule has 0 saturated carbocycles. The zero-order valence-corrected chi connectivity index (χ0v) is 11.0. The van der Waals surface area contributed by atoms with Gasteiger partial charge in [-0.25, -0.2) is 4.79 Å². The number of hydrogen-bond donors (Lipinski definition) is 1. The number of imidazole rings is 1. The van der Waals surface area contributed by atoms with Crippen molar-refractivity contribution in [2.24, 2.45) is 0 Å². The van der Waals surface area contributed by atoms with Crippen LogP contribution in [0, 0.1) is 0 Å². The smallest absolute Gasteiger partial charge is 0.313 e. The van der Waals surface area contributed by atoms with E-state index in [1.165, 1.54) is 5.56 Å². The van der Waals surface area contributed by atoms with Gasteiger partial charge < -0.3 is 4.98 Å². The highest BCUT2D eigenvalue weighted by atomic mass is 16.1. The van der Waals surface area contributed by atoms with Gasteiger partial charge in [-0.15, -0.1) is 0 Å². The van der Waals surface area contributed by atoms with E-state index >= 15 is 0 Å². The highest BCUT2D eigenvalue weighted by molar-refractivity contribution is 5.14. The summed E-state index contributed by atoms with van der Waals surface area (Å²) in [5.74, 6) is 0. The van der Waals surface area contributed by atoms with E-state index in [0.29, 0.717) is 6.04 Å². The van der Waals surface area contributed by atoms with Crippen LogP contribution in [0.25, 0.3) is 0 Å². The number of nitrogens with one attached hydrogen (secondary N) is 1. The average Bonchev–Trinajstić information content (AvgIpc) is 2.86. The summed E-state index contributed by atoms with van der Waals surface area (Å²) in [7, 11) is 0. The molecule has 1 aromatic heterocycles. The molecule has 1 atom stereocenters. The van der Waals surface area contributed by atoms with Crippen molar-refractivity contribution in [1.29, 1.82) is 0 Å². The van der Waals surface area contributed by atoms with Crippen molar-refractivity contribution in [3.05, 3.63) is 58.8 Å². The Bertz CT molecular complexity index is 572. The van der Waals surface area contributed by atoms with Gasteiger partial charge >= 0.3 is 5.69 Å². The minimum absolute atomic E-state index is 0.00608. The Morgan fingerprint density at radius 3 is 2.84 bits per heavy atom. The first-order chi connectivity index (χ1) is 9.33. The molecule has 0 amide bonds. The van der Waals surface area contributed by atoms with E-state index in [1.54, 1.807) is 6.20 Å². The number of rotatable bonds is 3. The van der Waals surface area contributed by atoms with Crippen LogP contribution in [0.4, 0.5) is 0 Å². The Labute approximate surface area is 112 Å². The summed E-state index contributed by atoms with van der Waals surface area (Å²) in [6.45, 7) is 3.04. The molecule has 0 radical (unpaired) electrons. The van der Waals surface area contributed by atoms with E-state index in [0.717, 1.165) is 32.5 Å². The normalized spacial score (nSPS) is 20.5. The van der Waals surface area contributed by atoms with Gasteiger partial charge in [-0.3, -0.25) is 9.47 Å². The summed E-state index contributed by atoms with van der Waals surface area (Å²) in [5, 5.41) is 0. The molecular formula is C15H19N3O. The minimum atomic E-state index is 0.00608. The van der Waals surface area contributed by atoms with Gasteiger partial charge in [0.05, 0.1) is 6.04 Å². The molecule has 1 aromatic carbocycles. The van der Waals surface area contributed by atoms with Crippen LogP contribution in [0.15, 0.2) is 47.5 Å². The van der Waals surface area contributed by atoms with Crippen molar-refractivity contribution in [1.82, 2.24) is 14.5 Å². The Morgan fingerprint density at radius 2 is 2.11 bits per heavy atom. The molecule has 1 saturated heterocycles. The zero-order chi connectivity index (χ0) is 13.1. The van der Waals surface area contributed by atoms with Crippen LogP contribution in [0.3, 0.4) is 0 Å². The first kappa shape index (κ1) is 12.2. The van der Waals surface area contributed by atoms with Crippen LogP contribution in [-0.2, 0) is 6.54 Å². The maximum absolute atomic E-state index is 11.7. The highest BCUT2D eigenvalue weighted by Gasteiger charge is 2.22. The van der Waals surface area contributed by atoms with Gasteiger partial charge in [-0.2, -0.15) is 0 Å². The predicted octanol–water partition coefficient (Wildman–Crippen LogP) is 2.01. The second kappa shape index (κ2) is 5.45. The van der Waals surface area contributed by atoms with Crippen LogP contribution >= 0.6 is 0 Å². The molecule has 3 rings (SSSR count). The van der Waals surface area contributed by atoms with Gasteiger partial charge in [0.2, 0.25) is 0 Å². The van der Waals surface area contributed by atoms with Crippen molar-refractivity contribution < 1.29 is 0 Å². The molecule has 0 spiro atoms. The molecule has 2 aromatic rings. The van der Waals surface area contributed by atoms with Gasteiger partial charge in [-0.05, 0) is 24.9 Å². The van der Waals surface area contributed by atoms with Crippen LogP contribution < -0.4 is 5.69 Å². The quantitative estimate of drug-likeness (QED) is 0.914. The van der Waals surface area contributed by atoms with E-state index in [2.05, 4.69) is 34.1 Å². The fraction of sp³-hybridized carbons (Fsp3) is 0.400. The van der Waals surface area contributed by atoms with Crippen LogP contribution in [0.5, 0.6) is 0 Å². The predicted molar refractivity (Wildman–Crippen MR) is 75.0 cm³/mol. The first-order valence-corrected chi connectivity index (χ1v) is 6.85. The molecule has 1 unspecified atom stereocenters. The third kappa shape index (κ3) is 2.79. The molecule has 1 aliphatic rings. The third-order valence-corrected chi connectivity index (χ3v) is 3.80. The number of H-pyrrole nitrogens is 1. The van der Waals surface area contributed by atoms with E-state index in [1.807, 2.05) is 16.8 Å². The lowest BCUT2D eigenvalue weighted by atomic mass is 10.0. The van der Waals surface area contributed by atoms with E-state index in [4.69, 9.17) is 0 Å². The number of hydrogen-bond acceptors (Lipinski definition) is 2. The van der Waals surface area contributed by atoms with Crippen molar-refractivity contribution in [3.8, 4) is 0 Å². The number of aromatic amines is 1. The molecule has 0 bridgehead atoms. The molecule has 1 aliphatic heterocycles. The summed E-state index contributed by atoms with van der Waals surface area (Å²) in [6.07, 6.45) is 5.82. The second-order valence-electron chi connectivity index (χ2n) is 5.19. The fourth-order valence-corrected chi connectivity index (χ4v) is 2.86. The van der Waals surface area contributed by atoms with Crippen LogP contribution in [0.2, 0.25) is 0 Å². The highest BCUT2D eigenvalue weighted by Crippen LogP contribution is 2.21. The van der Waals surface area contributed by atoms with Gasteiger partial charge in [0.1, 0.15) is 0 Å². The average molecular weight is 257 g/mol. The lowest BCUT2D eigenvalue weighted by molar-refractivity contribution is 0.168. The molecule has 4 heteroatoms. The largest absolute Gasteiger partial charge is 0.325 e. The standard InChI is InChI=1S/C15H19N3O/c19-15-16-8-10-18(15)14-7-4-9-17(12-14)11-13-5-2-1-3-6-13/h1-3,5-6,8,10,14H,4,7,9,11-12H2,(H,16,19). The Morgan fingerprint density at radius 1 is 1.26 bits per heavy atom. The minimum Gasteiger partial charge on any atom is -0.313 e. The third-order valence-electron chi connectivity index (χ3n) is 3.80. The summed E-state index contributed by atoms with van der Waals surface area (Å²) < 4.78 is 1.83. The van der Waals surface area contributed by atoms with E-state index in [-0.39, 0.29) is 5.69 Å². The first-order valence-electron chi connectivity index (χ1n) is 6.85. The molecule has 1 N–H and O–H groups in total. The fourth-order valence-electron chi connectivity index (χ4n) is 2.86. The van der Waals surface area contributed by atoms with Gasteiger partial charge in [0.15, 0.2) is 0 Å². The van der Waals surface area contributed by atoms with Crippen molar-refractivity contribution in [3.63, 3.8) is 0 Å². The van der Waals surface area contributed by atoms with Crippen LogP contribution in [0.1, 0.15) is 24.4 Å². The van der Waals surface area contributed by atoms with E-state index in [9.17, 15) is 4.79 Å². The van der Waals surface area contributed by atoms with Gasteiger partial charge in [0.25, 0.3) is 0 Å². The Hall–Kier alpha value is -1.81. The monoisotopic (exact) mass is 257 g/mol. The number of likely N-dealkylation sites (tertiary alicyclic amines) is 1. The number of aromatic nitrogens is 2. The summed E-state index contributed by atoms with van der Waals surface area (Å²) >= 11 is 0. The summed E-state index contributed by atoms with van der Waals surface area (Å²) in [6, 6.07) is 10.8. The van der Waals surface area contributed by atoms with Crippen molar-refractivity contribution >= 4 is 0 Å². The second-order valence-corrected chi connectivity index (χ2v) is 5.19. The maximum atomic E-state index is 11.7. The van der Waals surface area contributed by atoms with Crippen molar-refractivity contribution in [2.75, 3.05) is 13.1 Å². The number of nitrogens with zero attached hydrogens (tertiary/aromatic N) is 2. The lowest BCUT2D eigenvalue weighted by Gasteiger charge is -2.33. The number of benzene rings is 1. The molecule has 4 nitrogen and oxygen atoms in total. The molecule has 2 heterocycles. The number of piperidine rings is 1. The SMILES string of the molecule is O=c1[nH]ccn1C1CCCN(Cc2ccccc2)C1. The van der Waals surface area contributed by atoms with Crippen molar-refractivity contribution in [2.45, 2.75) is 25.4 Å². The van der Waals surface area contributed by atoms with Gasteiger partial charge in [-0.1, -0.05) is 30.3 Å². The molecule has 19 heavy (non-hydrogen) atoms. The van der Waals surface area contributed by atoms with Crippen LogP contribution in [-0.4, -0.2) is 27.5 Å². The lowest BCUT2D eigenvalue weighted by Crippen LogP contribution is -2.38.